The Labute approximate surface area is 114 Å². The SMILES string of the molecule is CN(CCNC1CC1)CCc1ccc2c(c1)OCO2. The van der Waals surface area contributed by atoms with E-state index < -0.39 is 0 Å². The summed E-state index contributed by atoms with van der Waals surface area (Å²) < 4.78 is 10.7. The van der Waals surface area contributed by atoms with Gasteiger partial charge in [0.2, 0.25) is 6.79 Å². The molecule has 1 fully saturated rings. The van der Waals surface area contributed by atoms with Gasteiger partial charge in [-0.25, -0.2) is 0 Å². The standard InChI is InChI=1S/C15H22N2O2/c1-17(9-7-16-13-3-4-13)8-6-12-2-5-14-15(10-12)19-11-18-14/h2,5,10,13,16H,3-4,6-9,11H2,1H3. The molecule has 0 saturated heterocycles. The molecular weight excluding hydrogens is 240 g/mol. The van der Waals surface area contributed by atoms with Crippen LogP contribution in [0.2, 0.25) is 0 Å². The minimum Gasteiger partial charge on any atom is -0.454 e. The Bertz CT molecular complexity index is 432. The first-order valence-electron chi connectivity index (χ1n) is 7.12. The topological polar surface area (TPSA) is 33.7 Å². The smallest absolute Gasteiger partial charge is 0.231 e. The minimum absolute atomic E-state index is 0.353. The normalized spacial score (nSPS) is 17.2. The third-order valence-corrected chi connectivity index (χ3v) is 3.72. The van der Waals surface area contributed by atoms with Gasteiger partial charge in [-0.05, 0) is 44.0 Å². The summed E-state index contributed by atoms with van der Waals surface area (Å²) in [7, 11) is 2.18. The lowest BCUT2D eigenvalue weighted by atomic mass is 10.1. The second-order valence-electron chi connectivity index (χ2n) is 5.47. The number of nitrogens with one attached hydrogen (secondary N) is 1. The summed E-state index contributed by atoms with van der Waals surface area (Å²) in [6.07, 6.45) is 3.78. The molecule has 0 atom stereocenters. The molecule has 0 amide bonds. The van der Waals surface area contributed by atoms with Crippen LogP contribution in [-0.4, -0.2) is 44.4 Å². The van der Waals surface area contributed by atoms with Gasteiger partial charge in [-0.1, -0.05) is 6.07 Å². The van der Waals surface area contributed by atoms with E-state index in [1.165, 1.54) is 18.4 Å². The Morgan fingerprint density at radius 1 is 1.21 bits per heavy atom. The van der Waals surface area contributed by atoms with E-state index in [4.69, 9.17) is 9.47 Å². The first-order chi connectivity index (χ1) is 9.31. The number of hydrogen-bond donors (Lipinski definition) is 1. The van der Waals surface area contributed by atoms with Crippen LogP contribution in [0.3, 0.4) is 0 Å². The fraction of sp³-hybridized carbons (Fsp3) is 0.600. The number of likely N-dealkylation sites (N-methyl/N-ethyl adjacent to an activating group) is 1. The van der Waals surface area contributed by atoms with Crippen LogP contribution < -0.4 is 14.8 Å². The van der Waals surface area contributed by atoms with Crippen molar-refractivity contribution in [2.45, 2.75) is 25.3 Å². The highest BCUT2D eigenvalue weighted by molar-refractivity contribution is 5.44. The molecule has 19 heavy (non-hydrogen) atoms. The molecule has 1 aromatic carbocycles. The monoisotopic (exact) mass is 262 g/mol. The van der Waals surface area contributed by atoms with Crippen LogP contribution in [0.15, 0.2) is 18.2 Å². The van der Waals surface area contributed by atoms with Crippen LogP contribution in [0.25, 0.3) is 0 Å². The van der Waals surface area contributed by atoms with Crippen molar-refractivity contribution in [1.29, 1.82) is 0 Å². The summed E-state index contributed by atoms with van der Waals surface area (Å²) in [5.41, 5.74) is 1.31. The molecule has 1 aliphatic carbocycles. The zero-order valence-corrected chi connectivity index (χ0v) is 11.5. The van der Waals surface area contributed by atoms with E-state index >= 15 is 0 Å². The van der Waals surface area contributed by atoms with Crippen molar-refractivity contribution in [3.8, 4) is 11.5 Å². The highest BCUT2D eigenvalue weighted by Crippen LogP contribution is 2.32. The Balaban J connectivity index is 1.40. The van der Waals surface area contributed by atoms with Crippen molar-refractivity contribution in [2.75, 3.05) is 33.5 Å². The molecule has 1 aromatic rings. The molecule has 0 unspecified atom stereocenters. The molecular formula is C15H22N2O2. The molecule has 104 valence electrons. The molecule has 0 radical (unpaired) electrons. The molecule has 0 aromatic heterocycles. The molecule has 0 spiro atoms. The maximum Gasteiger partial charge on any atom is 0.231 e. The first-order valence-corrected chi connectivity index (χ1v) is 7.12. The molecule has 4 heteroatoms. The zero-order valence-electron chi connectivity index (χ0n) is 11.5. The number of hydrogen-bond acceptors (Lipinski definition) is 4. The molecule has 2 aliphatic rings. The molecule has 1 saturated carbocycles. The van der Waals surface area contributed by atoms with Gasteiger partial charge >= 0.3 is 0 Å². The highest BCUT2D eigenvalue weighted by atomic mass is 16.7. The Kier molecular flexibility index (Phi) is 3.89. The maximum atomic E-state index is 5.40. The van der Waals surface area contributed by atoms with Crippen LogP contribution in [0.1, 0.15) is 18.4 Å². The van der Waals surface area contributed by atoms with Crippen LogP contribution in [0, 0.1) is 0 Å². The van der Waals surface area contributed by atoms with Crippen LogP contribution in [-0.2, 0) is 6.42 Å². The van der Waals surface area contributed by atoms with E-state index in [2.05, 4.69) is 29.4 Å². The van der Waals surface area contributed by atoms with Gasteiger partial charge in [-0.15, -0.1) is 0 Å². The lowest BCUT2D eigenvalue weighted by molar-refractivity contribution is 0.174. The summed E-state index contributed by atoms with van der Waals surface area (Å²) in [4.78, 5) is 2.37. The zero-order chi connectivity index (χ0) is 13.1. The van der Waals surface area contributed by atoms with Gasteiger partial charge < -0.3 is 19.7 Å². The number of nitrogens with zero attached hydrogens (tertiary/aromatic N) is 1. The maximum absolute atomic E-state index is 5.40. The molecule has 3 rings (SSSR count). The Hall–Kier alpha value is -1.26. The fourth-order valence-electron chi connectivity index (χ4n) is 2.28. The third kappa shape index (κ3) is 3.61. The second kappa shape index (κ2) is 5.80. The molecule has 0 bridgehead atoms. The Morgan fingerprint density at radius 2 is 2.05 bits per heavy atom. The van der Waals surface area contributed by atoms with Crippen molar-refractivity contribution in [3.05, 3.63) is 23.8 Å². The lowest BCUT2D eigenvalue weighted by Gasteiger charge is -2.16. The number of rotatable bonds is 7. The lowest BCUT2D eigenvalue weighted by Crippen LogP contribution is -2.31. The third-order valence-electron chi connectivity index (χ3n) is 3.72. The average molecular weight is 262 g/mol. The van der Waals surface area contributed by atoms with Gasteiger partial charge in [0.1, 0.15) is 0 Å². The van der Waals surface area contributed by atoms with Crippen LogP contribution in [0.5, 0.6) is 11.5 Å². The van der Waals surface area contributed by atoms with Gasteiger partial charge in [0.15, 0.2) is 11.5 Å². The largest absolute Gasteiger partial charge is 0.454 e. The van der Waals surface area contributed by atoms with Gasteiger partial charge in [-0.3, -0.25) is 0 Å². The fourth-order valence-corrected chi connectivity index (χ4v) is 2.28. The van der Waals surface area contributed by atoms with E-state index in [0.717, 1.165) is 43.6 Å². The van der Waals surface area contributed by atoms with Gasteiger partial charge in [0.25, 0.3) is 0 Å². The van der Waals surface area contributed by atoms with E-state index in [-0.39, 0.29) is 0 Å². The predicted molar refractivity (Wildman–Crippen MR) is 74.8 cm³/mol. The number of benzene rings is 1. The Morgan fingerprint density at radius 3 is 2.89 bits per heavy atom. The summed E-state index contributed by atoms with van der Waals surface area (Å²) in [5, 5.41) is 3.54. The number of fused-ring (bicyclic) bond motifs is 1. The molecule has 1 heterocycles. The van der Waals surface area contributed by atoms with Crippen molar-refractivity contribution < 1.29 is 9.47 Å². The van der Waals surface area contributed by atoms with Crippen LogP contribution >= 0.6 is 0 Å². The second-order valence-corrected chi connectivity index (χ2v) is 5.47. The van der Waals surface area contributed by atoms with E-state index in [1.54, 1.807) is 0 Å². The van der Waals surface area contributed by atoms with Crippen molar-refractivity contribution >= 4 is 0 Å². The minimum atomic E-state index is 0.353. The van der Waals surface area contributed by atoms with Gasteiger partial charge in [0, 0.05) is 25.7 Å². The van der Waals surface area contributed by atoms with Gasteiger partial charge in [0.05, 0.1) is 0 Å². The van der Waals surface area contributed by atoms with E-state index in [0.29, 0.717) is 6.79 Å². The molecule has 4 nitrogen and oxygen atoms in total. The van der Waals surface area contributed by atoms with Gasteiger partial charge in [-0.2, -0.15) is 0 Å². The highest BCUT2D eigenvalue weighted by Gasteiger charge is 2.19. The number of ether oxygens (including phenoxy) is 2. The van der Waals surface area contributed by atoms with Crippen molar-refractivity contribution in [1.82, 2.24) is 10.2 Å². The van der Waals surface area contributed by atoms with Crippen molar-refractivity contribution in [3.63, 3.8) is 0 Å². The molecule has 1 aliphatic heterocycles. The molecule has 1 N–H and O–H groups in total. The summed E-state index contributed by atoms with van der Waals surface area (Å²) >= 11 is 0. The summed E-state index contributed by atoms with van der Waals surface area (Å²) in [5.74, 6) is 1.75. The first kappa shape index (κ1) is 12.8. The van der Waals surface area contributed by atoms with E-state index in [9.17, 15) is 0 Å². The summed E-state index contributed by atoms with van der Waals surface area (Å²) in [6, 6.07) is 7.04. The van der Waals surface area contributed by atoms with Crippen LogP contribution in [0.4, 0.5) is 0 Å². The summed E-state index contributed by atoms with van der Waals surface area (Å²) in [6.45, 7) is 3.64. The van der Waals surface area contributed by atoms with Crippen molar-refractivity contribution in [2.24, 2.45) is 0 Å². The quantitative estimate of drug-likeness (QED) is 0.810. The van der Waals surface area contributed by atoms with E-state index in [1.807, 2.05) is 6.07 Å². The predicted octanol–water partition coefficient (Wildman–Crippen LogP) is 1.64. The average Bonchev–Trinajstić information content (AvgIpc) is 3.12.